The first kappa shape index (κ1) is 25.0. The Morgan fingerprint density at radius 1 is 1.02 bits per heavy atom. The lowest BCUT2D eigenvalue weighted by atomic mass is 10.1. The number of nitrogens with one attached hydrogen (secondary N) is 1. The van der Waals surface area contributed by atoms with E-state index in [9.17, 15) is 4.79 Å². The number of aryl methyl sites for hydroxylation is 2. The van der Waals surface area contributed by atoms with Crippen molar-refractivity contribution in [3.63, 3.8) is 0 Å². The van der Waals surface area contributed by atoms with Crippen LogP contribution in [0.25, 0.3) is 22.1 Å². The predicted octanol–water partition coefficient (Wildman–Crippen LogP) is 5.12. The van der Waals surface area contributed by atoms with E-state index < -0.39 is 0 Å². The number of aromatic nitrogens is 5. The van der Waals surface area contributed by atoms with Crippen molar-refractivity contribution in [3.05, 3.63) is 79.4 Å². The van der Waals surface area contributed by atoms with E-state index in [0.29, 0.717) is 11.3 Å². The van der Waals surface area contributed by atoms with Gasteiger partial charge in [0.2, 0.25) is 5.91 Å². The summed E-state index contributed by atoms with van der Waals surface area (Å²) < 4.78 is 8.17. The molecule has 2 aliphatic rings. The predicted molar refractivity (Wildman–Crippen MR) is 159 cm³/mol. The molecule has 41 heavy (non-hydrogen) atoms. The third-order valence-electron chi connectivity index (χ3n) is 8.06. The average molecular weight is 547 g/mol. The van der Waals surface area contributed by atoms with Gasteiger partial charge in [0, 0.05) is 44.0 Å². The summed E-state index contributed by atoms with van der Waals surface area (Å²) in [5.41, 5.74) is 5.25. The number of fused-ring (bicyclic) bond motifs is 4. The van der Waals surface area contributed by atoms with Crippen LogP contribution < -0.4 is 15.0 Å². The molecular formula is C31H30N8O2. The molecule has 2 fully saturated rings. The molecular weight excluding hydrogens is 516 g/mol. The minimum Gasteiger partial charge on any atom is -0.457 e. The van der Waals surface area contributed by atoms with E-state index in [1.54, 1.807) is 12.7 Å². The zero-order chi connectivity index (χ0) is 28.1. The first-order valence-electron chi connectivity index (χ1n) is 13.7. The van der Waals surface area contributed by atoms with Crippen molar-refractivity contribution in [3.8, 4) is 11.5 Å². The normalized spacial score (nSPS) is 18.2. The van der Waals surface area contributed by atoms with Crippen LogP contribution in [0.5, 0.6) is 11.5 Å². The Balaban J connectivity index is 1.12. The number of hydrogen-bond acceptors (Lipinski definition) is 8. The van der Waals surface area contributed by atoms with E-state index in [-0.39, 0.29) is 18.0 Å². The van der Waals surface area contributed by atoms with Gasteiger partial charge in [-0.05, 0) is 73.9 Å². The summed E-state index contributed by atoms with van der Waals surface area (Å²) in [6.45, 7) is 7.19. The summed E-state index contributed by atoms with van der Waals surface area (Å²) in [5.74, 6) is 3.02. The molecule has 1 N–H and O–H groups in total. The number of amides is 1. The zero-order valence-corrected chi connectivity index (χ0v) is 23.0. The van der Waals surface area contributed by atoms with Gasteiger partial charge in [-0.15, -0.1) is 0 Å². The molecule has 5 aromatic rings. The minimum atomic E-state index is 0.0180. The van der Waals surface area contributed by atoms with Crippen LogP contribution >= 0.6 is 0 Å². The van der Waals surface area contributed by atoms with Crippen molar-refractivity contribution in [1.29, 1.82) is 0 Å². The molecule has 3 aromatic heterocycles. The van der Waals surface area contributed by atoms with Crippen LogP contribution in [0, 0.1) is 6.92 Å². The summed E-state index contributed by atoms with van der Waals surface area (Å²) in [4.78, 5) is 35.0. The number of carbonyl (C=O) groups excluding carboxylic acids is 1. The largest absolute Gasteiger partial charge is 0.457 e. The van der Waals surface area contributed by atoms with E-state index in [1.807, 2.05) is 72.0 Å². The summed E-state index contributed by atoms with van der Waals surface area (Å²) >= 11 is 0. The molecule has 0 saturated carbocycles. The summed E-state index contributed by atoms with van der Waals surface area (Å²) in [5, 5.41) is 3.43. The van der Waals surface area contributed by atoms with Gasteiger partial charge in [0.05, 0.1) is 22.9 Å². The van der Waals surface area contributed by atoms with Crippen LogP contribution in [0.2, 0.25) is 0 Å². The van der Waals surface area contributed by atoms with E-state index in [4.69, 9.17) is 9.72 Å². The van der Waals surface area contributed by atoms with Crippen molar-refractivity contribution in [2.45, 2.75) is 31.8 Å². The molecule has 1 amide bonds. The van der Waals surface area contributed by atoms with Crippen LogP contribution in [0.3, 0.4) is 0 Å². The van der Waals surface area contributed by atoms with Gasteiger partial charge < -0.3 is 24.4 Å². The molecule has 2 bridgehead atoms. The lowest BCUT2D eigenvalue weighted by Gasteiger charge is -2.41. The topological polar surface area (TPSA) is 101 Å². The van der Waals surface area contributed by atoms with Crippen LogP contribution in [0.1, 0.15) is 18.4 Å². The van der Waals surface area contributed by atoms with Crippen molar-refractivity contribution >= 4 is 45.3 Å². The van der Waals surface area contributed by atoms with Crippen molar-refractivity contribution in [2.24, 2.45) is 7.05 Å². The number of hydrogen-bond donors (Lipinski definition) is 1. The Bertz CT molecular complexity index is 1800. The smallest absolute Gasteiger partial charge is 0.246 e. The fourth-order valence-corrected chi connectivity index (χ4v) is 6.04. The van der Waals surface area contributed by atoms with Crippen LogP contribution in [-0.2, 0) is 11.8 Å². The minimum absolute atomic E-state index is 0.0180. The molecule has 2 aromatic carbocycles. The number of imidazole rings is 1. The molecule has 7 rings (SSSR count). The molecule has 5 heterocycles. The lowest BCUT2D eigenvalue weighted by molar-refractivity contribution is -0.129. The van der Waals surface area contributed by atoms with Gasteiger partial charge >= 0.3 is 0 Å². The van der Waals surface area contributed by atoms with Gasteiger partial charge in [0.15, 0.2) is 5.82 Å². The van der Waals surface area contributed by atoms with Gasteiger partial charge in [0.25, 0.3) is 0 Å². The first-order valence-corrected chi connectivity index (χ1v) is 13.7. The molecule has 0 radical (unpaired) electrons. The van der Waals surface area contributed by atoms with Crippen LogP contribution in [0.15, 0.2) is 73.8 Å². The quantitative estimate of drug-likeness (QED) is 0.293. The fourth-order valence-electron chi connectivity index (χ4n) is 6.04. The highest BCUT2D eigenvalue weighted by Gasteiger charge is 2.42. The average Bonchev–Trinajstić information content (AvgIpc) is 3.48. The monoisotopic (exact) mass is 546 g/mol. The Kier molecular flexibility index (Phi) is 6.03. The van der Waals surface area contributed by atoms with Gasteiger partial charge in [0.1, 0.15) is 29.2 Å². The highest BCUT2D eigenvalue weighted by Crippen LogP contribution is 2.34. The number of ether oxygens (including phenoxy) is 1. The summed E-state index contributed by atoms with van der Waals surface area (Å²) in [7, 11) is 1.97. The third kappa shape index (κ3) is 4.51. The zero-order valence-electron chi connectivity index (χ0n) is 23.0. The van der Waals surface area contributed by atoms with Gasteiger partial charge in [-0.2, -0.15) is 0 Å². The van der Waals surface area contributed by atoms with E-state index in [2.05, 4.69) is 31.7 Å². The second-order valence-corrected chi connectivity index (χ2v) is 10.7. The Morgan fingerprint density at radius 2 is 1.85 bits per heavy atom. The highest BCUT2D eigenvalue weighted by atomic mass is 16.5. The van der Waals surface area contributed by atoms with E-state index in [1.165, 1.54) is 6.08 Å². The Labute approximate surface area is 237 Å². The lowest BCUT2D eigenvalue weighted by Crippen LogP contribution is -2.55. The molecule has 10 nitrogen and oxygen atoms in total. The molecule has 2 saturated heterocycles. The maximum Gasteiger partial charge on any atom is 0.246 e. The maximum absolute atomic E-state index is 12.4. The van der Waals surface area contributed by atoms with Gasteiger partial charge in [-0.1, -0.05) is 6.58 Å². The number of piperazine rings is 1. The van der Waals surface area contributed by atoms with Crippen molar-refractivity contribution in [2.75, 3.05) is 23.3 Å². The fraction of sp³-hybridized carbons (Fsp3) is 0.258. The third-order valence-corrected chi connectivity index (χ3v) is 8.06. The van der Waals surface area contributed by atoms with Crippen molar-refractivity contribution in [1.82, 2.24) is 29.4 Å². The van der Waals surface area contributed by atoms with Crippen LogP contribution in [-0.4, -0.2) is 60.5 Å². The molecule has 206 valence electrons. The molecule has 2 aliphatic heterocycles. The number of benzene rings is 2. The van der Waals surface area contributed by atoms with E-state index in [0.717, 1.165) is 71.0 Å². The second-order valence-electron chi connectivity index (χ2n) is 10.7. The number of anilines is 3. The SMILES string of the molecule is C=CC(=O)N1C2CCC1CN(c1ccc3ncnc(Nc4ccc(Oc5ccc6c(c5)ncn6C)c(C)c4)c3n1)C2. The number of pyridine rings is 1. The molecule has 0 aliphatic carbocycles. The molecule has 10 heteroatoms. The Hall–Kier alpha value is -4.99. The maximum atomic E-state index is 12.4. The van der Waals surface area contributed by atoms with E-state index >= 15 is 0 Å². The molecule has 2 atom stereocenters. The molecule has 2 unspecified atom stereocenters. The van der Waals surface area contributed by atoms with Crippen LogP contribution in [0.4, 0.5) is 17.3 Å². The summed E-state index contributed by atoms with van der Waals surface area (Å²) in [6.07, 6.45) is 6.77. The number of carbonyl (C=O) groups is 1. The number of rotatable bonds is 6. The van der Waals surface area contributed by atoms with Gasteiger partial charge in [-0.25, -0.2) is 19.9 Å². The first-order chi connectivity index (χ1) is 20.0. The Morgan fingerprint density at radius 3 is 2.63 bits per heavy atom. The summed E-state index contributed by atoms with van der Waals surface area (Å²) in [6, 6.07) is 16.2. The van der Waals surface area contributed by atoms with Crippen molar-refractivity contribution < 1.29 is 9.53 Å². The molecule has 0 spiro atoms. The highest BCUT2D eigenvalue weighted by molar-refractivity contribution is 5.89. The number of nitrogens with zero attached hydrogens (tertiary/aromatic N) is 7. The van der Waals surface area contributed by atoms with Gasteiger partial charge in [-0.3, -0.25) is 4.79 Å². The second kappa shape index (κ2) is 9.88. The standard InChI is InChI=1S/C31H30N8O2/c1-4-29(40)39-21-6-7-22(39)16-38(15-21)28-12-9-24-30(36-28)31(33-17-32-24)35-20-5-11-27(19(2)13-20)41-23-8-10-26-25(14-23)34-18-37(26)3/h4-5,8-14,17-18,21-22H,1,6-7,15-16H2,2-3H3,(H,32,33,35).